The Labute approximate surface area is 100 Å². The molecule has 1 aromatic carbocycles. The zero-order valence-corrected chi connectivity index (χ0v) is 10.00. The van der Waals surface area contributed by atoms with Crippen LogP contribution in [0.2, 0.25) is 0 Å². The van der Waals surface area contributed by atoms with Gasteiger partial charge >= 0.3 is 0 Å². The maximum Gasteiger partial charge on any atom is 0.159 e. The zero-order chi connectivity index (χ0) is 12.4. The SMILES string of the molecule is CN1CCCC(CN)C1c1ccc(F)c(F)c1. The summed E-state index contributed by atoms with van der Waals surface area (Å²) in [5.74, 6) is -1.26. The molecule has 1 fully saturated rings. The van der Waals surface area contributed by atoms with Gasteiger partial charge in [0.1, 0.15) is 0 Å². The Balaban J connectivity index is 2.31. The zero-order valence-electron chi connectivity index (χ0n) is 10.00. The predicted molar refractivity (Wildman–Crippen MR) is 63.5 cm³/mol. The Morgan fingerprint density at radius 3 is 2.76 bits per heavy atom. The molecule has 2 nitrogen and oxygen atoms in total. The number of hydrogen-bond acceptors (Lipinski definition) is 2. The maximum absolute atomic E-state index is 13.3. The lowest BCUT2D eigenvalue weighted by Crippen LogP contribution is -2.39. The van der Waals surface area contributed by atoms with Gasteiger partial charge in [0, 0.05) is 6.04 Å². The molecule has 94 valence electrons. The fourth-order valence-corrected chi connectivity index (χ4v) is 2.73. The third kappa shape index (κ3) is 2.48. The van der Waals surface area contributed by atoms with E-state index in [1.807, 2.05) is 7.05 Å². The van der Waals surface area contributed by atoms with Crippen molar-refractivity contribution < 1.29 is 8.78 Å². The first-order valence-electron chi connectivity index (χ1n) is 5.98. The Hall–Kier alpha value is -1.00. The van der Waals surface area contributed by atoms with E-state index in [-0.39, 0.29) is 6.04 Å². The first kappa shape index (κ1) is 12.5. The van der Waals surface area contributed by atoms with Gasteiger partial charge in [-0.3, -0.25) is 4.90 Å². The fraction of sp³-hybridized carbons (Fsp3) is 0.538. The second-order valence-electron chi connectivity index (χ2n) is 4.74. The summed E-state index contributed by atoms with van der Waals surface area (Å²) in [4.78, 5) is 2.17. The summed E-state index contributed by atoms with van der Waals surface area (Å²) in [5.41, 5.74) is 6.59. The van der Waals surface area contributed by atoms with Gasteiger partial charge in [-0.1, -0.05) is 6.07 Å². The van der Waals surface area contributed by atoms with Crippen LogP contribution in [0.5, 0.6) is 0 Å². The molecule has 2 atom stereocenters. The molecule has 0 aliphatic carbocycles. The minimum Gasteiger partial charge on any atom is -0.330 e. The van der Waals surface area contributed by atoms with Gasteiger partial charge in [-0.25, -0.2) is 8.78 Å². The Bertz CT molecular complexity index is 395. The molecule has 1 saturated heterocycles. The highest BCUT2D eigenvalue weighted by atomic mass is 19.2. The number of nitrogens with two attached hydrogens (primary N) is 1. The van der Waals surface area contributed by atoms with Gasteiger partial charge in [0.05, 0.1) is 0 Å². The van der Waals surface area contributed by atoms with E-state index >= 15 is 0 Å². The van der Waals surface area contributed by atoms with Crippen molar-refractivity contribution in [1.82, 2.24) is 4.90 Å². The summed E-state index contributed by atoms with van der Waals surface area (Å²) in [5, 5.41) is 0. The largest absolute Gasteiger partial charge is 0.330 e. The van der Waals surface area contributed by atoms with Crippen LogP contribution in [0.1, 0.15) is 24.4 Å². The smallest absolute Gasteiger partial charge is 0.159 e. The van der Waals surface area contributed by atoms with Crippen LogP contribution in [0.15, 0.2) is 18.2 Å². The van der Waals surface area contributed by atoms with E-state index in [2.05, 4.69) is 4.90 Å². The van der Waals surface area contributed by atoms with Crippen LogP contribution in [0.3, 0.4) is 0 Å². The molecule has 17 heavy (non-hydrogen) atoms. The Morgan fingerprint density at radius 2 is 2.12 bits per heavy atom. The number of halogens is 2. The molecule has 1 aliphatic heterocycles. The van der Waals surface area contributed by atoms with Gasteiger partial charge in [0.25, 0.3) is 0 Å². The molecule has 0 saturated carbocycles. The topological polar surface area (TPSA) is 29.3 Å². The summed E-state index contributed by atoms with van der Waals surface area (Å²) < 4.78 is 26.2. The number of nitrogens with zero attached hydrogens (tertiary/aromatic N) is 1. The van der Waals surface area contributed by atoms with Crippen LogP contribution in [0, 0.1) is 17.6 Å². The number of benzene rings is 1. The maximum atomic E-state index is 13.3. The molecule has 1 heterocycles. The van der Waals surface area contributed by atoms with Crippen molar-refractivity contribution in [3.63, 3.8) is 0 Å². The van der Waals surface area contributed by atoms with Crippen LogP contribution in [0.4, 0.5) is 8.78 Å². The monoisotopic (exact) mass is 240 g/mol. The quantitative estimate of drug-likeness (QED) is 0.859. The van der Waals surface area contributed by atoms with Crippen molar-refractivity contribution in [3.8, 4) is 0 Å². The summed E-state index contributed by atoms with van der Waals surface area (Å²) >= 11 is 0. The van der Waals surface area contributed by atoms with Gasteiger partial charge in [-0.05, 0) is 56.6 Å². The highest BCUT2D eigenvalue weighted by Crippen LogP contribution is 2.34. The van der Waals surface area contributed by atoms with E-state index in [1.54, 1.807) is 6.07 Å². The Morgan fingerprint density at radius 1 is 1.35 bits per heavy atom. The van der Waals surface area contributed by atoms with E-state index < -0.39 is 11.6 Å². The first-order valence-corrected chi connectivity index (χ1v) is 5.98. The van der Waals surface area contributed by atoms with Crippen LogP contribution in [-0.4, -0.2) is 25.0 Å². The van der Waals surface area contributed by atoms with Gasteiger partial charge in [-0.15, -0.1) is 0 Å². The van der Waals surface area contributed by atoms with Crippen molar-refractivity contribution in [2.24, 2.45) is 11.7 Å². The fourth-order valence-electron chi connectivity index (χ4n) is 2.73. The lowest BCUT2D eigenvalue weighted by Gasteiger charge is -2.39. The van der Waals surface area contributed by atoms with Gasteiger partial charge < -0.3 is 5.73 Å². The van der Waals surface area contributed by atoms with Crippen molar-refractivity contribution in [1.29, 1.82) is 0 Å². The molecule has 2 N–H and O–H groups in total. The highest BCUT2D eigenvalue weighted by Gasteiger charge is 2.29. The number of likely N-dealkylation sites (tertiary alicyclic amines) is 1. The lowest BCUT2D eigenvalue weighted by molar-refractivity contribution is 0.125. The van der Waals surface area contributed by atoms with Crippen molar-refractivity contribution in [2.45, 2.75) is 18.9 Å². The van der Waals surface area contributed by atoms with Crippen molar-refractivity contribution in [2.75, 3.05) is 20.1 Å². The van der Waals surface area contributed by atoms with E-state index in [9.17, 15) is 8.78 Å². The minimum absolute atomic E-state index is 0.101. The van der Waals surface area contributed by atoms with E-state index in [0.29, 0.717) is 12.5 Å². The molecule has 0 spiro atoms. The van der Waals surface area contributed by atoms with E-state index in [0.717, 1.165) is 24.9 Å². The number of hydrogen-bond donors (Lipinski definition) is 1. The second kappa shape index (κ2) is 5.10. The van der Waals surface area contributed by atoms with Gasteiger partial charge in [0.15, 0.2) is 11.6 Å². The third-order valence-corrected chi connectivity index (χ3v) is 3.60. The van der Waals surface area contributed by atoms with Crippen LogP contribution in [-0.2, 0) is 0 Å². The average Bonchev–Trinajstić information content (AvgIpc) is 2.32. The number of rotatable bonds is 2. The molecule has 1 aliphatic rings. The molecule has 0 bridgehead atoms. The molecule has 2 unspecified atom stereocenters. The van der Waals surface area contributed by atoms with Gasteiger partial charge in [-0.2, -0.15) is 0 Å². The van der Waals surface area contributed by atoms with Gasteiger partial charge in [0.2, 0.25) is 0 Å². The minimum atomic E-state index is -0.795. The molecule has 2 rings (SSSR count). The standard InChI is InChI=1S/C13H18F2N2/c1-17-6-2-3-10(8-16)13(17)9-4-5-11(14)12(15)7-9/h4-5,7,10,13H,2-3,6,8,16H2,1H3. The molecular formula is C13H18F2N2. The normalized spacial score (nSPS) is 26.1. The molecule has 0 aromatic heterocycles. The van der Waals surface area contributed by atoms with Crippen LogP contribution in [0.25, 0.3) is 0 Å². The summed E-state index contributed by atoms with van der Waals surface area (Å²) in [6.07, 6.45) is 2.16. The van der Waals surface area contributed by atoms with Crippen LogP contribution < -0.4 is 5.73 Å². The number of piperidine rings is 1. The molecule has 4 heteroatoms. The average molecular weight is 240 g/mol. The first-order chi connectivity index (χ1) is 8.13. The van der Waals surface area contributed by atoms with Crippen LogP contribution >= 0.6 is 0 Å². The predicted octanol–water partition coefficient (Wildman–Crippen LogP) is 2.31. The van der Waals surface area contributed by atoms with E-state index in [1.165, 1.54) is 12.1 Å². The molecule has 0 amide bonds. The molecule has 1 aromatic rings. The van der Waals surface area contributed by atoms with E-state index in [4.69, 9.17) is 5.73 Å². The third-order valence-electron chi connectivity index (χ3n) is 3.60. The summed E-state index contributed by atoms with van der Waals surface area (Å²) in [6, 6.07) is 4.25. The second-order valence-corrected chi connectivity index (χ2v) is 4.74. The van der Waals surface area contributed by atoms with Crippen molar-refractivity contribution in [3.05, 3.63) is 35.4 Å². The van der Waals surface area contributed by atoms with Crippen molar-refractivity contribution >= 4 is 0 Å². The molecule has 0 radical (unpaired) electrons. The highest BCUT2D eigenvalue weighted by molar-refractivity contribution is 5.22. The summed E-state index contributed by atoms with van der Waals surface area (Å²) in [7, 11) is 2.01. The summed E-state index contributed by atoms with van der Waals surface area (Å²) in [6.45, 7) is 1.55. The lowest BCUT2D eigenvalue weighted by atomic mass is 9.85. The molecular weight excluding hydrogens is 222 g/mol. The Kier molecular flexibility index (Phi) is 3.74.